The summed E-state index contributed by atoms with van der Waals surface area (Å²) in [6, 6.07) is 11.8. The molecule has 0 radical (unpaired) electrons. The van der Waals surface area contributed by atoms with Crippen molar-refractivity contribution < 1.29 is 56.2 Å². The first-order chi connectivity index (χ1) is 25.4. The molecule has 2 aromatic heterocycles. The fourth-order valence-electron chi connectivity index (χ4n) is 5.16. The second-order valence-electron chi connectivity index (χ2n) is 16.3. The SMILES string of the molecule is CC(C)OC(=O)OCO[P@@](=O)(OC[C@H]1O[C@@](C#N)(c2ccc3c(N)ncnn23)[C@H](OC(=O)C(C)(C)C)[C@@H]1OC(=O)C(C)(C)C)Oc1ccc(C(C)(C)C)cc1. The van der Waals surface area contributed by atoms with E-state index in [4.69, 9.17) is 43.0 Å². The largest absolute Gasteiger partial charge is 0.533 e. The molecule has 18 heteroatoms. The van der Waals surface area contributed by atoms with Gasteiger partial charge in [0, 0.05) is 0 Å². The number of nitrogen functional groups attached to an aromatic ring is 1. The Balaban J connectivity index is 1.79. The molecule has 3 aromatic rings. The Morgan fingerprint density at radius 2 is 1.58 bits per heavy atom. The van der Waals surface area contributed by atoms with E-state index in [1.807, 2.05) is 20.8 Å². The zero-order valence-corrected chi connectivity index (χ0v) is 33.9. The topological polar surface area (TPSA) is 222 Å². The molecule has 300 valence electrons. The van der Waals surface area contributed by atoms with Crippen LogP contribution in [0.3, 0.4) is 0 Å². The second kappa shape index (κ2) is 16.2. The van der Waals surface area contributed by atoms with E-state index >= 15 is 0 Å². The minimum Gasteiger partial charge on any atom is -0.455 e. The van der Waals surface area contributed by atoms with Crippen molar-refractivity contribution in [3.63, 3.8) is 0 Å². The third kappa shape index (κ3) is 10.1. The number of anilines is 1. The third-order valence-corrected chi connectivity index (χ3v) is 9.51. The summed E-state index contributed by atoms with van der Waals surface area (Å²) in [5.74, 6) is -1.34. The lowest BCUT2D eigenvalue weighted by Gasteiger charge is -2.31. The first kappa shape index (κ1) is 43.0. The van der Waals surface area contributed by atoms with Crippen LogP contribution < -0.4 is 10.3 Å². The van der Waals surface area contributed by atoms with E-state index in [1.54, 1.807) is 85.7 Å². The highest BCUT2D eigenvalue weighted by atomic mass is 31.2. The van der Waals surface area contributed by atoms with E-state index in [0.717, 1.165) is 11.9 Å². The van der Waals surface area contributed by atoms with E-state index in [0.29, 0.717) is 5.52 Å². The lowest BCUT2D eigenvalue weighted by atomic mass is 9.87. The maximum Gasteiger partial charge on any atom is 0.533 e. The fourth-order valence-corrected chi connectivity index (χ4v) is 6.23. The molecule has 5 atom stereocenters. The highest BCUT2D eigenvalue weighted by molar-refractivity contribution is 7.48. The summed E-state index contributed by atoms with van der Waals surface area (Å²) < 4.78 is 60.9. The van der Waals surface area contributed by atoms with E-state index in [-0.39, 0.29) is 22.7 Å². The highest BCUT2D eigenvalue weighted by Gasteiger charge is 2.63. The maximum atomic E-state index is 14.3. The highest BCUT2D eigenvalue weighted by Crippen LogP contribution is 2.52. The molecular weight excluding hydrogens is 737 g/mol. The van der Waals surface area contributed by atoms with E-state index in [1.165, 1.54) is 10.6 Å². The quantitative estimate of drug-likeness (QED) is 0.0910. The molecule has 1 aromatic carbocycles. The number of nitrogens with two attached hydrogens (primary N) is 1. The lowest BCUT2D eigenvalue weighted by molar-refractivity contribution is -0.179. The van der Waals surface area contributed by atoms with Crippen molar-refractivity contribution in [2.75, 3.05) is 19.1 Å². The van der Waals surface area contributed by atoms with E-state index in [9.17, 15) is 24.2 Å². The Kier molecular flexibility index (Phi) is 12.6. The minimum absolute atomic E-state index is 0.0526. The zero-order valence-electron chi connectivity index (χ0n) is 33.0. The number of nitriles is 1. The molecule has 1 aliphatic heterocycles. The summed E-state index contributed by atoms with van der Waals surface area (Å²) in [6.45, 7) is 17.3. The van der Waals surface area contributed by atoms with Crippen LogP contribution in [-0.4, -0.2) is 70.5 Å². The molecule has 1 fully saturated rings. The average molecular weight is 788 g/mol. The van der Waals surface area contributed by atoms with Crippen LogP contribution in [0.15, 0.2) is 42.7 Å². The van der Waals surface area contributed by atoms with Gasteiger partial charge in [0.05, 0.1) is 29.2 Å². The summed E-state index contributed by atoms with van der Waals surface area (Å²) in [5.41, 5.74) is 2.82. The van der Waals surface area contributed by atoms with Gasteiger partial charge in [-0.15, -0.1) is 0 Å². The molecule has 4 rings (SSSR count). The van der Waals surface area contributed by atoms with Crippen LogP contribution in [0, 0.1) is 22.2 Å². The molecule has 55 heavy (non-hydrogen) atoms. The van der Waals surface area contributed by atoms with Crippen molar-refractivity contribution in [1.82, 2.24) is 14.6 Å². The number of esters is 2. The van der Waals surface area contributed by atoms with Gasteiger partial charge < -0.3 is 33.9 Å². The van der Waals surface area contributed by atoms with E-state index in [2.05, 4.69) is 16.2 Å². The Morgan fingerprint density at radius 1 is 0.964 bits per heavy atom. The number of phosphoric acid groups is 1. The van der Waals surface area contributed by atoms with Crippen LogP contribution in [-0.2, 0) is 57.9 Å². The standard InChI is InChI=1S/C37H50N5O12P/c1-22(2)50-33(45)47-21-49-55(46,54-24-14-12-23(13-15-24)34(3,4)5)48-18-26-28(51-31(43)35(6,7)8)29(52-32(44)36(9,10)11)37(19-38,53-26)27-17-16-25-30(39)40-20-41-42(25)27/h12-17,20,22,26,28-29H,18,21H2,1-11H3,(H2,39,40,41)/t26-,28-,29-,37+,55-/m1/s1. The van der Waals surface area contributed by atoms with Gasteiger partial charge >= 0.3 is 25.9 Å². The molecule has 3 heterocycles. The van der Waals surface area contributed by atoms with Crippen molar-refractivity contribution in [1.29, 1.82) is 5.26 Å². The van der Waals surface area contributed by atoms with Crippen LogP contribution in [0.4, 0.5) is 10.6 Å². The number of ether oxygens (including phenoxy) is 5. The summed E-state index contributed by atoms with van der Waals surface area (Å²) in [7, 11) is -4.75. The summed E-state index contributed by atoms with van der Waals surface area (Å²) in [5, 5.41) is 15.2. The first-order valence-electron chi connectivity index (χ1n) is 17.5. The first-order valence-corrected chi connectivity index (χ1v) is 19.0. The van der Waals surface area contributed by atoms with Crippen molar-refractivity contribution >= 4 is 37.3 Å². The van der Waals surface area contributed by atoms with Crippen molar-refractivity contribution in [3.8, 4) is 11.8 Å². The van der Waals surface area contributed by atoms with Crippen LogP contribution in [0.25, 0.3) is 5.52 Å². The lowest BCUT2D eigenvalue weighted by Crippen LogP contribution is -2.48. The normalized spacial score (nSPS) is 21.4. The molecule has 0 amide bonds. The second-order valence-corrected chi connectivity index (χ2v) is 17.9. The monoisotopic (exact) mass is 787 g/mol. The van der Waals surface area contributed by atoms with Gasteiger partial charge in [-0.1, -0.05) is 32.9 Å². The number of carbonyl (C=O) groups is 3. The van der Waals surface area contributed by atoms with Gasteiger partial charge in [-0.25, -0.2) is 23.4 Å². The van der Waals surface area contributed by atoms with Crippen LogP contribution in [0.1, 0.15) is 87.4 Å². The Bertz CT molecular complexity index is 1960. The Hall–Kier alpha value is -4.75. The number of rotatable bonds is 12. The van der Waals surface area contributed by atoms with Crippen LogP contribution in [0.2, 0.25) is 0 Å². The molecule has 0 bridgehead atoms. The molecular formula is C37H50N5O12P. The molecule has 1 saturated heterocycles. The van der Waals surface area contributed by atoms with Crippen LogP contribution in [0.5, 0.6) is 5.75 Å². The number of aromatic nitrogens is 3. The minimum atomic E-state index is -4.75. The number of phosphoric ester groups is 1. The van der Waals surface area contributed by atoms with Gasteiger partial charge in [0.25, 0.3) is 0 Å². The molecule has 0 saturated carbocycles. The number of fused-ring (bicyclic) bond motifs is 1. The van der Waals surface area contributed by atoms with Crippen molar-refractivity contribution in [2.45, 2.75) is 112 Å². The average Bonchev–Trinajstić information content (AvgIpc) is 3.63. The van der Waals surface area contributed by atoms with Crippen LogP contribution >= 0.6 is 7.82 Å². The summed E-state index contributed by atoms with van der Waals surface area (Å²) >= 11 is 0. The number of hydrogen-bond acceptors (Lipinski definition) is 16. The number of nitrogens with zero attached hydrogens (tertiary/aromatic N) is 4. The molecule has 0 aliphatic carbocycles. The number of carbonyl (C=O) groups excluding carboxylic acids is 3. The zero-order chi connectivity index (χ0) is 41.1. The summed E-state index contributed by atoms with van der Waals surface area (Å²) in [6.07, 6.45) is -5.10. The maximum absolute atomic E-state index is 14.3. The van der Waals surface area contributed by atoms with Gasteiger partial charge in [0.1, 0.15) is 29.8 Å². The Morgan fingerprint density at radius 3 is 2.15 bits per heavy atom. The van der Waals surface area contributed by atoms with Crippen molar-refractivity contribution in [3.05, 3.63) is 54.0 Å². The van der Waals surface area contributed by atoms with Gasteiger partial charge in [-0.05, 0) is 90.6 Å². The van der Waals surface area contributed by atoms with Gasteiger partial charge in [0.2, 0.25) is 12.4 Å². The molecule has 17 nitrogen and oxygen atoms in total. The number of hydrogen-bond donors (Lipinski definition) is 1. The smallest absolute Gasteiger partial charge is 0.455 e. The molecule has 0 spiro atoms. The van der Waals surface area contributed by atoms with Gasteiger partial charge in [-0.3, -0.25) is 14.1 Å². The van der Waals surface area contributed by atoms with Gasteiger partial charge in [-0.2, -0.15) is 10.4 Å². The van der Waals surface area contributed by atoms with E-state index < -0.39 is 80.2 Å². The third-order valence-electron chi connectivity index (χ3n) is 8.19. The predicted octanol–water partition coefficient (Wildman–Crippen LogP) is 6.38. The summed E-state index contributed by atoms with van der Waals surface area (Å²) in [4.78, 5) is 43.1. The Labute approximate surface area is 320 Å². The fraction of sp³-hybridized carbons (Fsp3) is 0.568. The van der Waals surface area contributed by atoms with Crippen molar-refractivity contribution in [2.24, 2.45) is 10.8 Å². The number of benzene rings is 1. The van der Waals surface area contributed by atoms with Gasteiger partial charge in [0.15, 0.2) is 18.0 Å². The molecule has 2 N–H and O–H groups in total. The molecule has 1 aliphatic rings. The molecule has 0 unspecified atom stereocenters. The predicted molar refractivity (Wildman–Crippen MR) is 196 cm³/mol.